The molecule has 1 aliphatic heterocycles. The summed E-state index contributed by atoms with van der Waals surface area (Å²) >= 11 is 0. The Balaban J connectivity index is 1.54. The van der Waals surface area contributed by atoms with Crippen molar-refractivity contribution in [1.82, 2.24) is 4.90 Å². The van der Waals surface area contributed by atoms with Crippen molar-refractivity contribution in [1.29, 1.82) is 0 Å². The maximum Gasteiger partial charge on any atom is 0.0900 e. The molecule has 0 radical (unpaired) electrons. The fourth-order valence-electron chi connectivity index (χ4n) is 6.01. The van der Waals surface area contributed by atoms with E-state index in [9.17, 15) is 5.11 Å². The molecule has 0 aromatic heterocycles. The van der Waals surface area contributed by atoms with Gasteiger partial charge in [-0.15, -0.1) is 0 Å². The van der Waals surface area contributed by atoms with Crippen LogP contribution >= 0.6 is 0 Å². The molecule has 6 atom stereocenters. The van der Waals surface area contributed by atoms with Crippen molar-refractivity contribution < 1.29 is 9.84 Å². The zero-order valence-electron chi connectivity index (χ0n) is 15.8. The Hall–Kier alpha value is -0.120. The van der Waals surface area contributed by atoms with Crippen LogP contribution in [0.15, 0.2) is 0 Å². The molecule has 0 aromatic rings. The van der Waals surface area contributed by atoms with Gasteiger partial charge in [0.05, 0.1) is 18.8 Å². The standard InChI is InChI=1S/C20H37NO2/c1-14-7-6-8-15(2)21(14)12-17(22)13-23-18-19(3,4)16-9-10-20(18,5)11-16/h14-18,22H,6-13H2,1-5H3/t14-,15+,16-,17-,18+,20-/m0/s1. The highest BCUT2D eigenvalue weighted by atomic mass is 16.5. The van der Waals surface area contributed by atoms with Crippen molar-refractivity contribution in [3.63, 3.8) is 0 Å². The summed E-state index contributed by atoms with van der Waals surface area (Å²) < 4.78 is 6.35. The summed E-state index contributed by atoms with van der Waals surface area (Å²) in [6.07, 6.45) is 7.73. The lowest BCUT2D eigenvalue weighted by molar-refractivity contribution is -0.116. The van der Waals surface area contributed by atoms with Gasteiger partial charge >= 0.3 is 0 Å². The van der Waals surface area contributed by atoms with Crippen molar-refractivity contribution >= 4 is 0 Å². The molecule has 3 rings (SSSR count). The van der Waals surface area contributed by atoms with Gasteiger partial charge in [-0.2, -0.15) is 0 Å². The largest absolute Gasteiger partial charge is 0.389 e. The van der Waals surface area contributed by atoms with E-state index < -0.39 is 0 Å². The van der Waals surface area contributed by atoms with Crippen LogP contribution in [0, 0.1) is 16.7 Å². The van der Waals surface area contributed by atoms with Crippen LogP contribution < -0.4 is 0 Å². The predicted octanol–water partition coefficient (Wildman–Crippen LogP) is 3.84. The molecule has 2 saturated carbocycles. The summed E-state index contributed by atoms with van der Waals surface area (Å²) in [6.45, 7) is 13.0. The number of ether oxygens (including phenoxy) is 1. The minimum atomic E-state index is -0.364. The first-order valence-electron chi connectivity index (χ1n) is 9.79. The molecule has 134 valence electrons. The van der Waals surface area contributed by atoms with Gasteiger partial charge < -0.3 is 9.84 Å². The molecule has 3 heteroatoms. The normalized spacial score (nSPS) is 44.6. The van der Waals surface area contributed by atoms with E-state index in [0.717, 1.165) is 12.5 Å². The second-order valence-electron chi connectivity index (χ2n) is 9.61. The highest BCUT2D eigenvalue weighted by molar-refractivity contribution is 5.09. The number of nitrogens with zero attached hydrogens (tertiary/aromatic N) is 1. The van der Waals surface area contributed by atoms with E-state index in [4.69, 9.17) is 4.74 Å². The van der Waals surface area contributed by atoms with Gasteiger partial charge in [0.2, 0.25) is 0 Å². The van der Waals surface area contributed by atoms with Gasteiger partial charge in [-0.1, -0.05) is 27.2 Å². The molecule has 3 fully saturated rings. The Kier molecular flexibility index (Phi) is 4.85. The molecule has 2 bridgehead atoms. The Morgan fingerprint density at radius 3 is 2.35 bits per heavy atom. The monoisotopic (exact) mass is 323 g/mol. The molecule has 0 spiro atoms. The van der Waals surface area contributed by atoms with E-state index in [1.54, 1.807) is 0 Å². The van der Waals surface area contributed by atoms with Crippen molar-refractivity contribution in [3.8, 4) is 0 Å². The minimum Gasteiger partial charge on any atom is -0.389 e. The summed E-state index contributed by atoms with van der Waals surface area (Å²) in [5, 5.41) is 10.6. The molecular weight excluding hydrogens is 286 g/mol. The number of fused-ring (bicyclic) bond motifs is 2. The third kappa shape index (κ3) is 3.21. The number of likely N-dealkylation sites (tertiary alicyclic amines) is 1. The summed E-state index contributed by atoms with van der Waals surface area (Å²) in [4.78, 5) is 2.48. The zero-order valence-corrected chi connectivity index (χ0v) is 15.8. The third-order valence-electron chi connectivity index (χ3n) is 7.39. The lowest BCUT2D eigenvalue weighted by atomic mass is 9.70. The van der Waals surface area contributed by atoms with Gasteiger partial charge in [0.25, 0.3) is 0 Å². The minimum absolute atomic E-state index is 0.262. The van der Waals surface area contributed by atoms with Crippen LogP contribution in [0.3, 0.4) is 0 Å². The SMILES string of the molecule is C[C@@H]1CCC[C@H](C)N1C[C@H](O)CO[C@@H]1C(C)(C)[C@H]2CC[C@@]1(C)C2. The molecule has 1 heterocycles. The van der Waals surface area contributed by atoms with E-state index in [1.807, 2.05) is 0 Å². The highest BCUT2D eigenvalue weighted by Gasteiger charge is 2.60. The first kappa shape index (κ1) is 17.7. The fraction of sp³-hybridized carbons (Fsp3) is 1.00. The van der Waals surface area contributed by atoms with Crippen LogP contribution in [-0.4, -0.2) is 47.4 Å². The Bertz CT molecular complexity index is 409. The first-order chi connectivity index (χ1) is 10.7. The van der Waals surface area contributed by atoms with E-state index in [1.165, 1.54) is 38.5 Å². The number of piperidine rings is 1. The van der Waals surface area contributed by atoms with Gasteiger partial charge in [0.1, 0.15) is 0 Å². The van der Waals surface area contributed by atoms with Crippen molar-refractivity contribution in [2.75, 3.05) is 13.2 Å². The van der Waals surface area contributed by atoms with Crippen LogP contribution in [0.1, 0.15) is 73.1 Å². The lowest BCUT2D eigenvalue weighted by Gasteiger charge is -2.43. The van der Waals surface area contributed by atoms with E-state index in [-0.39, 0.29) is 11.5 Å². The van der Waals surface area contributed by atoms with Gasteiger partial charge in [-0.3, -0.25) is 4.90 Å². The average Bonchev–Trinajstić information content (AvgIpc) is 2.94. The van der Waals surface area contributed by atoms with Gasteiger partial charge in [0, 0.05) is 18.6 Å². The van der Waals surface area contributed by atoms with E-state index in [0.29, 0.717) is 30.2 Å². The van der Waals surface area contributed by atoms with Gasteiger partial charge in [-0.25, -0.2) is 0 Å². The maximum absolute atomic E-state index is 10.6. The molecule has 3 nitrogen and oxygen atoms in total. The number of β-amino-alcohol motifs (C(OH)–C–C–N with tert-alkyl or cyclic N) is 1. The summed E-state index contributed by atoms with van der Waals surface area (Å²) in [5.41, 5.74) is 0.595. The molecule has 0 unspecified atom stereocenters. The smallest absolute Gasteiger partial charge is 0.0900 e. The quantitative estimate of drug-likeness (QED) is 0.834. The molecule has 3 aliphatic rings. The maximum atomic E-state index is 10.6. The third-order valence-corrected chi connectivity index (χ3v) is 7.39. The summed E-state index contributed by atoms with van der Waals surface area (Å²) in [6, 6.07) is 1.18. The molecule has 2 aliphatic carbocycles. The molecule has 23 heavy (non-hydrogen) atoms. The Morgan fingerprint density at radius 2 is 1.78 bits per heavy atom. The molecule has 0 amide bonds. The predicted molar refractivity (Wildman–Crippen MR) is 94.5 cm³/mol. The second kappa shape index (κ2) is 6.31. The first-order valence-corrected chi connectivity index (χ1v) is 9.79. The van der Waals surface area contributed by atoms with E-state index >= 15 is 0 Å². The number of aliphatic hydroxyl groups excluding tert-OH is 1. The van der Waals surface area contributed by atoms with Crippen molar-refractivity contribution in [2.24, 2.45) is 16.7 Å². The van der Waals surface area contributed by atoms with Crippen LogP contribution in [-0.2, 0) is 4.74 Å². The summed E-state index contributed by atoms with van der Waals surface area (Å²) in [5.74, 6) is 0.803. The molecule has 1 N–H and O–H groups in total. The lowest BCUT2D eigenvalue weighted by Crippen LogP contribution is -2.49. The fourth-order valence-corrected chi connectivity index (χ4v) is 6.01. The number of rotatable bonds is 5. The topological polar surface area (TPSA) is 32.7 Å². The molecule has 0 aromatic carbocycles. The van der Waals surface area contributed by atoms with Crippen LogP contribution in [0.25, 0.3) is 0 Å². The average molecular weight is 324 g/mol. The van der Waals surface area contributed by atoms with Crippen LogP contribution in [0.2, 0.25) is 0 Å². The second-order valence-corrected chi connectivity index (χ2v) is 9.61. The Morgan fingerprint density at radius 1 is 1.13 bits per heavy atom. The van der Waals surface area contributed by atoms with Gasteiger partial charge in [-0.05, 0) is 62.7 Å². The number of hydrogen-bond acceptors (Lipinski definition) is 3. The van der Waals surface area contributed by atoms with Crippen molar-refractivity contribution in [2.45, 2.75) is 97.4 Å². The zero-order chi connectivity index (χ0) is 16.8. The number of aliphatic hydroxyl groups is 1. The summed E-state index contributed by atoms with van der Waals surface area (Å²) in [7, 11) is 0. The van der Waals surface area contributed by atoms with Crippen LogP contribution in [0.5, 0.6) is 0 Å². The van der Waals surface area contributed by atoms with Crippen LogP contribution in [0.4, 0.5) is 0 Å². The van der Waals surface area contributed by atoms with Crippen molar-refractivity contribution in [3.05, 3.63) is 0 Å². The number of hydrogen-bond donors (Lipinski definition) is 1. The molecule has 1 saturated heterocycles. The highest BCUT2D eigenvalue weighted by Crippen LogP contribution is 2.63. The van der Waals surface area contributed by atoms with E-state index in [2.05, 4.69) is 39.5 Å². The van der Waals surface area contributed by atoms with Gasteiger partial charge in [0.15, 0.2) is 0 Å². The Labute approximate surface area is 142 Å². The molecular formula is C20H37NO2.